The van der Waals surface area contributed by atoms with Gasteiger partial charge in [-0.2, -0.15) is 0 Å². The fraction of sp³-hybridized carbons (Fsp3) is 0.364. The lowest BCUT2D eigenvalue weighted by atomic mass is 9.94. The van der Waals surface area contributed by atoms with Gasteiger partial charge in [0.05, 0.1) is 13.7 Å². The average Bonchev–Trinajstić information content (AvgIpc) is 2.97. The minimum Gasteiger partial charge on any atom is -0.493 e. The van der Waals surface area contributed by atoms with E-state index in [9.17, 15) is 24.3 Å². The number of nitrogens with zero attached hydrogens (tertiary/aromatic N) is 1. The lowest BCUT2D eigenvalue weighted by molar-refractivity contribution is 0.0357. The summed E-state index contributed by atoms with van der Waals surface area (Å²) in [5, 5.41) is 18.3. The molecule has 0 radical (unpaired) electrons. The van der Waals surface area contributed by atoms with Crippen LogP contribution >= 0.6 is 12.6 Å². The van der Waals surface area contributed by atoms with Crippen molar-refractivity contribution in [3.8, 4) is 16.9 Å². The van der Waals surface area contributed by atoms with E-state index in [0.29, 0.717) is 29.2 Å². The maximum Gasteiger partial charge on any atom is 0.409 e. The minimum absolute atomic E-state index is 0.0170. The molecule has 1 unspecified atom stereocenters. The van der Waals surface area contributed by atoms with E-state index in [-0.39, 0.29) is 46.8 Å². The Morgan fingerprint density at radius 2 is 1.78 bits per heavy atom. The summed E-state index contributed by atoms with van der Waals surface area (Å²) in [5.41, 5.74) is 0.0446. The van der Waals surface area contributed by atoms with E-state index in [0.717, 1.165) is 0 Å². The van der Waals surface area contributed by atoms with Gasteiger partial charge < -0.3 is 30.0 Å². The van der Waals surface area contributed by atoms with Crippen molar-refractivity contribution in [2.24, 2.45) is 0 Å². The van der Waals surface area contributed by atoms with Gasteiger partial charge in [-0.15, -0.1) is 12.6 Å². The van der Waals surface area contributed by atoms with Gasteiger partial charge in [0.1, 0.15) is 23.3 Å². The predicted molar refractivity (Wildman–Crippen MR) is 179 cm³/mol. The van der Waals surface area contributed by atoms with Gasteiger partial charge in [-0.1, -0.05) is 26.2 Å². The van der Waals surface area contributed by atoms with Gasteiger partial charge in [-0.3, -0.25) is 14.9 Å². The van der Waals surface area contributed by atoms with Gasteiger partial charge in [0.2, 0.25) is 0 Å². The molecule has 3 amide bonds. The number of pyridine rings is 1. The molecule has 2 rings (SSSR count). The second-order valence-electron chi connectivity index (χ2n) is 10.9. The highest BCUT2D eigenvalue weighted by Gasteiger charge is 2.26. The Hall–Kier alpha value is -4.62. The van der Waals surface area contributed by atoms with Crippen LogP contribution in [0.3, 0.4) is 0 Å². The Morgan fingerprint density at radius 3 is 2.35 bits per heavy atom. The van der Waals surface area contributed by atoms with Gasteiger partial charge in [-0.25, -0.2) is 14.6 Å². The van der Waals surface area contributed by atoms with Crippen molar-refractivity contribution in [3.63, 3.8) is 0 Å². The molecule has 0 saturated heterocycles. The number of aliphatic hydroxyl groups excluding tert-OH is 1. The van der Waals surface area contributed by atoms with Crippen LogP contribution < -0.4 is 20.7 Å². The first-order valence-electron chi connectivity index (χ1n) is 14.5. The van der Waals surface area contributed by atoms with Crippen molar-refractivity contribution in [3.05, 3.63) is 77.8 Å². The Labute approximate surface area is 274 Å². The van der Waals surface area contributed by atoms with E-state index in [4.69, 9.17) is 14.2 Å². The maximum absolute atomic E-state index is 13.9. The number of aromatic nitrogens is 1. The van der Waals surface area contributed by atoms with Gasteiger partial charge >= 0.3 is 12.1 Å². The van der Waals surface area contributed by atoms with Crippen LogP contribution in [-0.2, 0) is 9.47 Å². The van der Waals surface area contributed by atoms with Crippen LogP contribution in [-0.4, -0.2) is 66.1 Å². The third-order valence-corrected chi connectivity index (χ3v) is 6.24. The molecule has 248 valence electrons. The molecule has 46 heavy (non-hydrogen) atoms. The van der Waals surface area contributed by atoms with Crippen LogP contribution in [0.2, 0.25) is 0 Å². The molecular weight excluding hydrogens is 612 g/mol. The summed E-state index contributed by atoms with van der Waals surface area (Å²) >= 11 is 4.38. The normalized spacial score (nSPS) is 12.0. The molecule has 0 spiro atoms. The SMILES string of the molecule is C=C/C=C(\CC(O)NC(=O)OC(C)(C)C)NC(=O)c1cc(C(=C)S)c(OCC)cc1-c1ccc(C(=O)NCCC)nc1C(=O)OC. The van der Waals surface area contributed by atoms with Crippen molar-refractivity contribution in [1.29, 1.82) is 0 Å². The van der Waals surface area contributed by atoms with Crippen LogP contribution in [0.15, 0.2) is 55.3 Å². The van der Waals surface area contributed by atoms with Crippen LogP contribution in [0, 0.1) is 0 Å². The first-order chi connectivity index (χ1) is 21.6. The Kier molecular flexibility index (Phi) is 14.0. The smallest absolute Gasteiger partial charge is 0.409 e. The average molecular weight is 655 g/mol. The number of ether oxygens (including phenoxy) is 3. The Bertz CT molecular complexity index is 1510. The first kappa shape index (κ1) is 37.6. The molecular formula is C33H42N4O8S. The van der Waals surface area contributed by atoms with Crippen molar-refractivity contribution in [1.82, 2.24) is 20.9 Å². The number of carbonyl (C=O) groups excluding carboxylic acids is 4. The predicted octanol–water partition coefficient (Wildman–Crippen LogP) is 5.01. The monoisotopic (exact) mass is 654 g/mol. The van der Waals surface area contributed by atoms with Gasteiger partial charge in [-0.05, 0) is 64.5 Å². The number of thiol groups is 1. The van der Waals surface area contributed by atoms with E-state index in [2.05, 4.69) is 46.7 Å². The molecule has 13 heteroatoms. The molecule has 0 saturated carbocycles. The third-order valence-electron chi connectivity index (χ3n) is 6.00. The van der Waals surface area contributed by atoms with E-state index in [1.807, 2.05) is 6.92 Å². The highest BCUT2D eigenvalue weighted by molar-refractivity contribution is 7.90. The molecule has 12 nitrogen and oxygen atoms in total. The zero-order valence-corrected chi connectivity index (χ0v) is 27.9. The van der Waals surface area contributed by atoms with E-state index >= 15 is 0 Å². The summed E-state index contributed by atoms with van der Waals surface area (Å²) in [7, 11) is 1.17. The van der Waals surface area contributed by atoms with Crippen molar-refractivity contribution < 1.29 is 38.5 Å². The van der Waals surface area contributed by atoms with E-state index < -0.39 is 35.7 Å². The zero-order valence-electron chi connectivity index (χ0n) is 27.0. The number of methoxy groups -OCH3 is 1. The lowest BCUT2D eigenvalue weighted by Crippen LogP contribution is -2.40. The number of amides is 3. The number of aliphatic hydroxyl groups is 1. The summed E-state index contributed by atoms with van der Waals surface area (Å²) in [4.78, 5) is 56.3. The second-order valence-corrected chi connectivity index (χ2v) is 11.4. The Morgan fingerprint density at radius 1 is 1.09 bits per heavy atom. The molecule has 0 aliphatic heterocycles. The number of hydrogen-bond donors (Lipinski definition) is 5. The highest BCUT2D eigenvalue weighted by Crippen LogP contribution is 2.37. The number of allylic oxidation sites excluding steroid dienone is 2. The number of carbonyl (C=O) groups is 4. The second kappa shape index (κ2) is 17.2. The fourth-order valence-electron chi connectivity index (χ4n) is 4.09. The molecule has 0 fully saturated rings. The van der Waals surface area contributed by atoms with Crippen molar-refractivity contribution >= 4 is 41.4 Å². The first-order valence-corrected chi connectivity index (χ1v) is 15.0. The summed E-state index contributed by atoms with van der Waals surface area (Å²) in [5.74, 6) is -1.65. The molecule has 0 aliphatic rings. The number of alkyl carbamates (subject to hydrolysis) is 1. The summed E-state index contributed by atoms with van der Waals surface area (Å²) in [6, 6.07) is 5.97. The third kappa shape index (κ3) is 10.8. The molecule has 1 heterocycles. The molecule has 1 aromatic heterocycles. The van der Waals surface area contributed by atoms with Gasteiger partial charge in [0.25, 0.3) is 11.8 Å². The van der Waals surface area contributed by atoms with Crippen LogP contribution in [0.4, 0.5) is 4.79 Å². The number of nitrogens with one attached hydrogen (secondary N) is 3. The standard InChI is InChI=1S/C33H42N4O8S/c1-9-12-20(16-27(38)37-32(42)45-33(5,6)7)35-29(39)24-17-22(19(4)46)26(44-11-3)18-23(24)21-13-14-25(30(40)34-15-10-2)36-28(21)31(41)43-8/h9,12-14,17-18,27,38,46H,1,4,10-11,15-16H2,2-3,5-8H3,(H,34,40)(H,35,39)(H,37,42)/b20-12+. The van der Waals surface area contributed by atoms with Crippen LogP contribution in [0.25, 0.3) is 16.0 Å². The van der Waals surface area contributed by atoms with Crippen LogP contribution in [0.5, 0.6) is 5.75 Å². The number of esters is 1. The largest absolute Gasteiger partial charge is 0.493 e. The number of rotatable bonds is 14. The van der Waals surface area contributed by atoms with Crippen LogP contribution in [0.1, 0.15) is 84.4 Å². The zero-order chi connectivity index (χ0) is 34.6. The number of hydrogen-bond acceptors (Lipinski definition) is 10. The molecule has 0 aliphatic carbocycles. The van der Waals surface area contributed by atoms with E-state index in [1.165, 1.54) is 37.5 Å². The minimum atomic E-state index is -1.42. The molecule has 4 N–H and O–H groups in total. The van der Waals surface area contributed by atoms with Gasteiger partial charge in [0.15, 0.2) is 5.69 Å². The molecule has 0 bridgehead atoms. The summed E-state index contributed by atoms with van der Waals surface area (Å²) < 4.78 is 16.0. The summed E-state index contributed by atoms with van der Waals surface area (Å²) in [6.45, 7) is 16.9. The maximum atomic E-state index is 13.9. The van der Waals surface area contributed by atoms with Gasteiger partial charge in [0, 0.05) is 45.8 Å². The lowest BCUT2D eigenvalue weighted by Gasteiger charge is -2.22. The Balaban J connectivity index is 2.66. The van der Waals surface area contributed by atoms with Crippen molar-refractivity contribution in [2.45, 2.75) is 59.3 Å². The van der Waals surface area contributed by atoms with E-state index in [1.54, 1.807) is 33.8 Å². The fourth-order valence-corrected chi connectivity index (χ4v) is 4.27. The summed E-state index contributed by atoms with van der Waals surface area (Å²) in [6.07, 6.45) is 1.07. The highest BCUT2D eigenvalue weighted by atomic mass is 32.1. The molecule has 2 aromatic rings. The molecule has 1 atom stereocenters. The quantitative estimate of drug-likeness (QED) is 0.0815. The topological polar surface area (TPSA) is 165 Å². The van der Waals surface area contributed by atoms with Crippen molar-refractivity contribution in [2.75, 3.05) is 20.3 Å². The molecule has 1 aromatic carbocycles. The number of benzene rings is 1.